The van der Waals surface area contributed by atoms with E-state index < -0.39 is 10.0 Å². The molecular weight excluding hydrogens is 422 g/mol. The van der Waals surface area contributed by atoms with Gasteiger partial charge in [0.2, 0.25) is 10.0 Å². The average Bonchev–Trinajstić information content (AvgIpc) is 3.42. The number of carbonyl (C=O) groups is 1. The van der Waals surface area contributed by atoms with Crippen molar-refractivity contribution in [2.24, 2.45) is 0 Å². The molecule has 1 saturated heterocycles. The molecule has 0 N–H and O–H groups in total. The molecule has 1 amide bonds. The maximum atomic E-state index is 12.9. The highest BCUT2D eigenvalue weighted by Crippen LogP contribution is 2.27. The third kappa shape index (κ3) is 3.64. The summed E-state index contributed by atoms with van der Waals surface area (Å²) in [6.45, 7) is 1.70. The molecule has 5 rings (SSSR count). The van der Waals surface area contributed by atoms with Crippen LogP contribution in [0.15, 0.2) is 47.4 Å². The standard InChI is InChI=1S/C20H21N5O5S/c26-20(24-8-7-15-3-1-2-4-18(15)24)14-30-25-19-13-16(5-6-17(19)21-22-25)31(27,28)23-9-11-29-12-10-23/h1-6,13H,7-12,14H2. The van der Waals surface area contributed by atoms with Crippen LogP contribution >= 0.6 is 0 Å². The van der Waals surface area contributed by atoms with Gasteiger partial charge in [-0.1, -0.05) is 23.0 Å². The van der Waals surface area contributed by atoms with Gasteiger partial charge in [-0.15, -0.1) is 5.10 Å². The first-order valence-electron chi connectivity index (χ1n) is 9.99. The Bertz CT molecular complexity index is 1240. The van der Waals surface area contributed by atoms with E-state index in [9.17, 15) is 13.2 Å². The number of morpholine rings is 1. The zero-order chi connectivity index (χ0) is 21.4. The van der Waals surface area contributed by atoms with Crippen molar-refractivity contribution in [1.82, 2.24) is 19.5 Å². The number of nitrogens with zero attached hydrogens (tertiary/aromatic N) is 5. The summed E-state index contributed by atoms with van der Waals surface area (Å²) < 4.78 is 32.5. The lowest BCUT2D eigenvalue weighted by Crippen LogP contribution is -2.40. The molecule has 2 aliphatic heterocycles. The Kier molecular flexibility index (Phi) is 5.08. The van der Waals surface area contributed by atoms with Crippen molar-refractivity contribution in [2.45, 2.75) is 11.3 Å². The molecule has 0 bridgehead atoms. The molecule has 3 aromatic rings. The van der Waals surface area contributed by atoms with E-state index in [-0.39, 0.29) is 17.4 Å². The first-order chi connectivity index (χ1) is 15.0. The largest absolute Gasteiger partial charge is 0.385 e. The van der Waals surface area contributed by atoms with Crippen LogP contribution in [0.25, 0.3) is 11.0 Å². The van der Waals surface area contributed by atoms with Gasteiger partial charge in [0.25, 0.3) is 5.91 Å². The molecule has 0 radical (unpaired) electrons. The maximum absolute atomic E-state index is 12.9. The number of hydrogen-bond donors (Lipinski definition) is 0. The smallest absolute Gasteiger partial charge is 0.267 e. The second-order valence-electron chi connectivity index (χ2n) is 7.33. The van der Waals surface area contributed by atoms with Crippen molar-refractivity contribution in [3.8, 4) is 0 Å². The minimum atomic E-state index is -3.67. The Morgan fingerprint density at radius 1 is 1.10 bits per heavy atom. The number of benzene rings is 2. The van der Waals surface area contributed by atoms with Gasteiger partial charge in [-0.2, -0.15) is 4.31 Å². The van der Waals surface area contributed by atoms with Crippen molar-refractivity contribution >= 4 is 32.7 Å². The first-order valence-corrected chi connectivity index (χ1v) is 11.4. The summed E-state index contributed by atoms with van der Waals surface area (Å²) in [7, 11) is -3.67. The van der Waals surface area contributed by atoms with Gasteiger partial charge in [-0.05, 0) is 41.5 Å². The van der Waals surface area contributed by atoms with Crippen LogP contribution in [0.4, 0.5) is 5.69 Å². The third-order valence-corrected chi connectivity index (χ3v) is 7.39. The Hall–Kier alpha value is -3.02. The van der Waals surface area contributed by atoms with E-state index in [0.717, 1.165) is 22.5 Å². The summed E-state index contributed by atoms with van der Waals surface area (Å²) in [4.78, 5) is 21.2. The van der Waals surface area contributed by atoms with Crippen molar-refractivity contribution in [3.05, 3.63) is 48.0 Å². The molecule has 0 aliphatic carbocycles. The van der Waals surface area contributed by atoms with Crippen molar-refractivity contribution < 1.29 is 22.8 Å². The highest BCUT2D eigenvalue weighted by molar-refractivity contribution is 7.89. The van der Waals surface area contributed by atoms with E-state index >= 15 is 0 Å². The molecule has 1 fully saturated rings. The Labute approximate surface area is 178 Å². The summed E-state index contributed by atoms with van der Waals surface area (Å²) >= 11 is 0. The SMILES string of the molecule is O=C(COn1nnc2ccc(S(=O)(=O)N3CCOCC3)cc21)N1CCc2ccccc21. The predicted octanol–water partition coefficient (Wildman–Crippen LogP) is 0.470. The molecule has 1 aromatic heterocycles. The Morgan fingerprint density at radius 3 is 2.74 bits per heavy atom. The molecule has 3 heterocycles. The van der Waals surface area contributed by atoms with Gasteiger partial charge in [0.1, 0.15) is 11.0 Å². The van der Waals surface area contributed by atoms with Crippen molar-refractivity contribution in [1.29, 1.82) is 0 Å². The second kappa shape index (κ2) is 7.91. The van der Waals surface area contributed by atoms with Crippen molar-refractivity contribution in [3.63, 3.8) is 0 Å². The summed E-state index contributed by atoms with van der Waals surface area (Å²) in [6.07, 6.45) is 0.803. The molecule has 31 heavy (non-hydrogen) atoms. The van der Waals surface area contributed by atoms with E-state index in [2.05, 4.69) is 10.3 Å². The monoisotopic (exact) mass is 443 g/mol. The van der Waals surface area contributed by atoms with E-state index in [1.807, 2.05) is 24.3 Å². The summed E-state index contributed by atoms with van der Waals surface area (Å²) in [5.74, 6) is -0.203. The number of rotatable bonds is 5. The molecule has 162 valence electrons. The molecule has 2 aliphatic rings. The van der Waals surface area contributed by atoms with E-state index in [4.69, 9.17) is 9.57 Å². The molecule has 11 heteroatoms. The van der Waals surface area contributed by atoms with E-state index in [1.165, 1.54) is 16.4 Å². The fraction of sp³-hybridized carbons (Fsp3) is 0.350. The summed E-state index contributed by atoms with van der Waals surface area (Å²) in [5, 5.41) is 7.92. The number of anilines is 1. The number of carbonyl (C=O) groups excluding carboxylic acids is 1. The zero-order valence-electron chi connectivity index (χ0n) is 16.7. The second-order valence-corrected chi connectivity index (χ2v) is 9.26. The Balaban J connectivity index is 1.35. The molecular formula is C20H21N5O5S. The first kappa shape index (κ1) is 19.9. The van der Waals surface area contributed by atoms with Crippen LogP contribution in [0.3, 0.4) is 0 Å². The molecule has 2 aromatic carbocycles. The van der Waals surface area contributed by atoms with E-state index in [1.54, 1.807) is 11.0 Å². The minimum absolute atomic E-state index is 0.119. The van der Waals surface area contributed by atoms with Gasteiger partial charge in [0.05, 0.1) is 18.1 Å². The third-order valence-electron chi connectivity index (χ3n) is 5.49. The van der Waals surface area contributed by atoms with Crippen LogP contribution in [-0.2, 0) is 26.0 Å². The fourth-order valence-corrected chi connectivity index (χ4v) is 5.29. The average molecular weight is 443 g/mol. The van der Waals surface area contributed by atoms with Gasteiger partial charge in [0.15, 0.2) is 6.61 Å². The quantitative estimate of drug-likeness (QED) is 0.564. The number of para-hydroxylation sites is 1. The lowest BCUT2D eigenvalue weighted by Gasteiger charge is -2.26. The van der Waals surface area contributed by atoms with Crippen molar-refractivity contribution in [2.75, 3.05) is 44.4 Å². The number of hydrogen-bond acceptors (Lipinski definition) is 7. The van der Waals surface area contributed by atoms with Gasteiger partial charge >= 0.3 is 0 Å². The number of ether oxygens (including phenoxy) is 1. The van der Waals surface area contributed by atoms with Crippen LogP contribution in [0.5, 0.6) is 0 Å². The van der Waals surface area contributed by atoms with Crippen LogP contribution < -0.4 is 9.74 Å². The van der Waals surface area contributed by atoms with E-state index in [0.29, 0.717) is 43.9 Å². The van der Waals surface area contributed by atoms with Gasteiger partial charge in [-0.3, -0.25) is 4.79 Å². The minimum Gasteiger partial charge on any atom is -0.385 e. The molecule has 0 saturated carbocycles. The number of fused-ring (bicyclic) bond motifs is 2. The molecule has 0 spiro atoms. The van der Waals surface area contributed by atoms with Crippen LogP contribution in [0, 0.1) is 0 Å². The zero-order valence-corrected chi connectivity index (χ0v) is 17.5. The molecule has 10 nitrogen and oxygen atoms in total. The van der Waals surface area contributed by atoms with Crippen LogP contribution in [0.1, 0.15) is 5.56 Å². The maximum Gasteiger partial charge on any atom is 0.267 e. The fourth-order valence-electron chi connectivity index (χ4n) is 3.86. The summed E-state index contributed by atoms with van der Waals surface area (Å²) in [5.41, 5.74) is 2.86. The van der Waals surface area contributed by atoms with Crippen LogP contribution in [-0.4, -0.2) is 73.2 Å². The predicted molar refractivity (Wildman–Crippen MR) is 111 cm³/mol. The Morgan fingerprint density at radius 2 is 1.90 bits per heavy atom. The topological polar surface area (TPSA) is 107 Å². The molecule has 0 unspecified atom stereocenters. The van der Waals surface area contributed by atoms with Gasteiger partial charge in [-0.25, -0.2) is 8.42 Å². The lowest BCUT2D eigenvalue weighted by molar-refractivity contribution is -0.123. The number of aromatic nitrogens is 3. The summed E-state index contributed by atoms with van der Waals surface area (Å²) in [6, 6.07) is 12.3. The van der Waals surface area contributed by atoms with Crippen LogP contribution in [0.2, 0.25) is 0 Å². The number of amides is 1. The number of sulfonamides is 1. The normalized spacial score (nSPS) is 17.1. The van der Waals surface area contributed by atoms with Gasteiger partial charge in [0, 0.05) is 25.3 Å². The highest BCUT2D eigenvalue weighted by atomic mass is 32.2. The lowest BCUT2D eigenvalue weighted by atomic mass is 10.2. The molecule has 0 atom stereocenters. The highest BCUT2D eigenvalue weighted by Gasteiger charge is 2.28. The van der Waals surface area contributed by atoms with Gasteiger partial charge < -0.3 is 14.5 Å².